The first-order valence-electron chi connectivity index (χ1n) is 11.7. The highest BCUT2D eigenvalue weighted by atomic mass is 19.1. The van der Waals surface area contributed by atoms with Crippen LogP contribution in [0.3, 0.4) is 0 Å². The molecule has 3 atom stereocenters. The van der Waals surface area contributed by atoms with Gasteiger partial charge in [-0.1, -0.05) is 31.2 Å². The number of aliphatic carboxylic acids is 1. The molecule has 1 fully saturated rings. The lowest BCUT2D eigenvalue weighted by atomic mass is 9.83. The van der Waals surface area contributed by atoms with Crippen molar-refractivity contribution in [1.29, 1.82) is 0 Å². The zero-order chi connectivity index (χ0) is 23.8. The Morgan fingerprint density at radius 2 is 1.97 bits per heavy atom. The minimum atomic E-state index is -0.764. The number of rotatable bonds is 8. The summed E-state index contributed by atoms with van der Waals surface area (Å²) in [5.74, 6) is 0.247. The Balaban J connectivity index is 1.30. The summed E-state index contributed by atoms with van der Waals surface area (Å²) >= 11 is 0. The van der Waals surface area contributed by atoms with Gasteiger partial charge in [-0.3, -0.25) is 4.79 Å². The standard InChI is InChI=1S/C28H28FNO4/c1-16(28(31)32)27(17-3-4-17)22-8-7-21-12-23(34-25(21)14-22)11-20-6-5-18(13-24(20)29)19-9-10-30-26(15-19)33-2/h5-10,13-17,23,27H,3-4,11-12H2,1-2H3,(H,31,32)/t16-,23?,27?/m0/s1. The van der Waals surface area contributed by atoms with E-state index in [1.54, 1.807) is 26.3 Å². The van der Waals surface area contributed by atoms with Gasteiger partial charge < -0.3 is 14.6 Å². The molecule has 0 amide bonds. The Hall–Kier alpha value is -3.41. The summed E-state index contributed by atoms with van der Waals surface area (Å²) in [4.78, 5) is 15.7. The third-order valence-electron chi connectivity index (χ3n) is 7.05. The van der Waals surface area contributed by atoms with Crippen LogP contribution in [0.2, 0.25) is 0 Å². The third-order valence-corrected chi connectivity index (χ3v) is 7.05. The van der Waals surface area contributed by atoms with Gasteiger partial charge in [0.25, 0.3) is 0 Å². The number of pyridine rings is 1. The maximum absolute atomic E-state index is 15.0. The van der Waals surface area contributed by atoms with E-state index in [4.69, 9.17) is 9.47 Å². The van der Waals surface area contributed by atoms with Crippen molar-refractivity contribution in [2.24, 2.45) is 11.8 Å². The highest BCUT2D eigenvalue weighted by Gasteiger charge is 2.39. The van der Waals surface area contributed by atoms with Gasteiger partial charge in [0.05, 0.1) is 13.0 Å². The van der Waals surface area contributed by atoms with E-state index >= 15 is 0 Å². The van der Waals surface area contributed by atoms with E-state index in [1.807, 2.05) is 36.4 Å². The molecule has 2 unspecified atom stereocenters. The molecule has 1 aromatic heterocycles. The molecule has 0 radical (unpaired) electrons. The van der Waals surface area contributed by atoms with Crippen molar-refractivity contribution in [3.63, 3.8) is 0 Å². The summed E-state index contributed by atoms with van der Waals surface area (Å²) in [6, 6.07) is 15.0. The summed E-state index contributed by atoms with van der Waals surface area (Å²) in [6.07, 6.45) is 4.81. The molecular formula is C28H28FNO4. The lowest BCUT2D eigenvalue weighted by Gasteiger charge is -2.21. The Labute approximate surface area is 198 Å². The van der Waals surface area contributed by atoms with Crippen LogP contribution in [0.4, 0.5) is 4.39 Å². The van der Waals surface area contributed by atoms with Gasteiger partial charge in [0.1, 0.15) is 17.7 Å². The number of methoxy groups -OCH3 is 1. The zero-order valence-electron chi connectivity index (χ0n) is 19.3. The summed E-state index contributed by atoms with van der Waals surface area (Å²) in [5, 5.41) is 9.56. The molecule has 0 saturated heterocycles. The first-order valence-corrected chi connectivity index (χ1v) is 11.7. The second kappa shape index (κ2) is 9.09. The van der Waals surface area contributed by atoms with Crippen LogP contribution in [0.5, 0.6) is 11.6 Å². The van der Waals surface area contributed by atoms with E-state index in [1.165, 1.54) is 6.07 Å². The lowest BCUT2D eigenvalue weighted by molar-refractivity contribution is -0.142. The average molecular weight is 462 g/mol. The van der Waals surface area contributed by atoms with Crippen molar-refractivity contribution in [2.45, 2.75) is 44.6 Å². The average Bonchev–Trinajstić information content (AvgIpc) is 3.59. The summed E-state index contributed by atoms with van der Waals surface area (Å²) in [6.45, 7) is 1.79. The number of aromatic nitrogens is 1. The number of fused-ring (bicyclic) bond motifs is 1. The number of benzene rings is 2. The maximum atomic E-state index is 15.0. The minimum absolute atomic E-state index is 0.00208. The molecule has 6 heteroatoms. The lowest BCUT2D eigenvalue weighted by Crippen LogP contribution is -2.20. The topological polar surface area (TPSA) is 68.7 Å². The van der Waals surface area contributed by atoms with Crippen molar-refractivity contribution in [3.8, 4) is 22.8 Å². The SMILES string of the molecule is COc1cc(-c2ccc(CC3Cc4ccc(C(C5CC5)[C@H](C)C(=O)O)cc4O3)c(F)c2)ccn1. The van der Waals surface area contributed by atoms with Gasteiger partial charge in [-0.25, -0.2) is 9.37 Å². The highest BCUT2D eigenvalue weighted by molar-refractivity contribution is 5.71. The van der Waals surface area contributed by atoms with Crippen molar-refractivity contribution in [1.82, 2.24) is 4.98 Å². The quantitative estimate of drug-likeness (QED) is 0.469. The first-order chi connectivity index (χ1) is 16.4. The van der Waals surface area contributed by atoms with Gasteiger partial charge in [0, 0.05) is 25.1 Å². The van der Waals surface area contributed by atoms with E-state index < -0.39 is 11.9 Å². The van der Waals surface area contributed by atoms with Crippen molar-refractivity contribution >= 4 is 5.97 Å². The van der Waals surface area contributed by atoms with Gasteiger partial charge in [-0.2, -0.15) is 0 Å². The molecule has 5 nitrogen and oxygen atoms in total. The molecule has 176 valence electrons. The Morgan fingerprint density at radius 1 is 1.18 bits per heavy atom. The number of hydrogen-bond acceptors (Lipinski definition) is 4. The molecule has 0 spiro atoms. The summed E-state index contributed by atoms with van der Waals surface area (Å²) < 4.78 is 26.3. The monoisotopic (exact) mass is 461 g/mol. The van der Waals surface area contributed by atoms with Crippen molar-refractivity contribution in [3.05, 3.63) is 77.2 Å². The van der Waals surface area contributed by atoms with Crippen molar-refractivity contribution < 1.29 is 23.8 Å². The van der Waals surface area contributed by atoms with Gasteiger partial charge in [-0.15, -0.1) is 0 Å². The van der Waals surface area contributed by atoms with Crippen LogP contribution in [-0.4, -0.2) is 29.3 Å². The number of ether oxygens (including phenoxy) is 2. The van der Waals surface area contributed by atoms with Crippen LogP contribution in [0.15, 0.2) is 54.7 Å². The van der Waals surface area contributed by atoms with E-state index in [2.05, 4.69) is 4.98 Å². The van der Waals surface area contributed by atoms with Gasteiger partial charge >= 0.3 is 5.97 Å². The fourth-order valence-electron chi connectivity index (χ4n) is 5.05. The Morgan fingerprint density at radius 3 is 2.68 bits per heavy atom. The fourth-order valence-corrected chi connectivity index (χ4v) is 5.05. The first kappa shape index (κ1) is 22.4. The van der Waals surface area contributed by atoms with Gasteiger partial charge in [-0.05, 0) is 70.7 Å². The molecule has 2 aliphatic rings. The van der Waals surface area contributed by atoms with Gasteiger partial charge in [0.15, 0.2) is 0 Å². The van der Waals surface area contributed by atoms with E-state index in [0.29, 0.717) is 30.2 Å². The molecule has 1 N–H and O–H groups in total. The van der Waals surface area contributed by atoms with E-state index in [9.17, 15) is 14.3 Å². The maximum Gasteiger partial charge on any atom is 0.306 e. The van der Waals surface area contributed by atoms with E-state index in [-0.39, 0.29) is 17.8 Å². The Bertz CT molecular complexity index is 1220. The second-order valence-corrected chi connectivity index (χ2v) is 9.40. The van der Waals surface area contributed by atoms with E-state index in [0.717, 1.165) is 40.8 Å². The third kappa shape index (κ3) is 4.49. The van der Waals surface area contributed by atoms with Crippen LogP contribution < -0.4 is 9.47 Å². The predicted molar refractivity (Wildman–Crippen MR) is 127 cm³/mol. The molecule has 3 aromatic rings. The van der Waals surface area contributed by atoms with Gasteiger partial charge in [0.2, 0.25) is 5.88 Å². The second-order valence-electron chi connectivity index (χ2n) is 9.40. The zero-order valence-corrected chi connectivity index (χ0v) is 19.3. The predicted octanol–water partition coefficient (Wildman–Crippen LogP) is 5.66. The molecule has 5 rings (SSSR count). The molecule has 1 aliphatic carbocycles. The number of carboxylic acids is 1. The molecule has 2 heterocycles. The molecular weight excluding hydrogens is 433 g/mol. The fraction of sp³-hybridized carbons (Fsp3) is 0.357. The number of carboxylic acid groups (broad SMARTS) is 1. The van der Waals surface area contributed by atoms with Crippen LogP contribution in [0, 0.1) is 17.7 Å². The number of nitrogens with zero attached hydrogens (tertiary/aromatic N) is 1. The molecule has 2 aromatic carbocycles. The smallest absolute Gasteiger partial charge is 0.306 e. The highest BCUT2D eigenvalue weighted by Crippen LogP contribution is 2.48. The normalized spacial score (nSPS) is 18.6. The molecule has 1 aliphatic heterocycles. The largest absolute Gasteiger partial charge is 0.489 e. The number of hydrogen-bond donors (Lipinski definition) is 1. The van der Waals surface area contributed by atoms with Crippen molar-refractivity contribution in [2.75, 3.05) is 7.11 Å². The van der Waals surface area contributed by atoms with Crippen LogP contribution >= 0.6 is 0 Å². The molecule has 1 saturated carbocycles. The molecule has 0 bridgehead atoms. The Kier molecular flexibility index (Phi) is 5.98. The number of carbonyl (C=O) groups is 1. The summed E-state index contributed by atoms with van der Waals surface area (Å²) in [7, 11) is 1.55. The summed E-state index contributed by atoms with van der Waals surface area (Å²) in [5.41, 5.74) is 4.33. The van der Waals surface area contributed by atoms with Crippen LogP contribution in [0.25, 0.3) is 11.1 Å². The number of halogens is 1. The molecule has 34 heavy (non-hydrogen) atoms. The van der Waals surface area contributed by atoms with Crippen LogP contribution in [-0.2, 0) is 17.6 Å². The van der Waals surface area contributed by atoms with Crippen LogP contribution in [0.1, 0.15) is 42.4 Å². The minimum Gasteiger partial charge on any atom is -0.489 e.